The first-order valence-corrected chi connectivity index (χ1v) is 12.1. The molecule has 2 N–H and O–H groups in total. The summed E-state index contributed by atoms with van der Waals surface area (Å²) in [6, 6.07) is 0. The average Bonchev–Trinajstić information content (AvgIpc) is 2.65. The summed E-state index contributed by atoms with van der Waals surface area (Å²) in [7, 11) is 0. The lowest BCUT2D eigenvalue weighted by molar-refractivity contribution is 0.00711. The van der Waals surface area contributed by atoms with E-state index in [9.17, 15) is 10.2 Å². The smallest absolute Gasteiger partial charge is 0.0799 e. The molecule has 0 bridgehead atoms. The molecule has 0 radical (unpaired) electrons. The van der Waals surface area contributed by atoms with Crippen molar-refractivity contribution in [3.63, 3.8) is 0 Å². The Morgan fingerprint density at radius 1 is 0.385 bits per heavy atom. The molecule has 0 fully saturated rings. The van der Waals surface area contributed by atoms with Crippen LogP contribution in [0.4, 0.5) is 0 Å². The molecule has 0 heterocycles. The van der Waals surface area contributed by atoms with Crippen LogP contribution in [0.5, 0.6) is 0 Å². The number of hydrogen-bond donors (Lipinski definition) is 2. The molecular formula is C24H50O2. The molecule has 0 saturated carbocycles. The number of unbranched alkanes of at least 4 members (excludes halogenated alkanes) is 16. The van der Waals surface area contributed by atoms with Gasteiger partial charge in [-0.05, 0) is 12.8 Å². The van der Waals surface area contributed by atoms with Gasteiger partial charge >= 0.3 is 0 Å². The SMILES string of the molecule is CCCCCCCCCCCCC(O)C(O)CCCCCCCCCC. The second kappa shape index (κ2) is 21.2. The quantitative estimate of drug-likeness (QED) is 0.205. The van der Waals surface area contributed by atoms with Gasteiger partial charge in [0.2, 0.25) is 0 Å². The monoisotopic (exact) mass is 370 g/mol. The Balaban J connectivity index is 3.31. The van der Waals surface area contributed by atoms with Gasteiger partial charge < -0.3 is 10.2 Å². The van der Waals surface area contributed by atoms with E-state index in [1.165, 1.54) is 103 Å². The first-order valence-electron chi connectivity index (χ1n) is 12.1. The third kappa shape index (κ3) is 18.7. The maximum absolute atomic E-state index is 10.1. The number of aliphatic hydroxyl groups is 2. The van der Waals surface area contributed by atoms with Crippen molar-refractivity contribution in [2.24, 2.45) is 0 Å². The molecular weight excluding hydrogens is 320 g/mol. The molecule has 2 heteroatoms. The maximum Gasteiger partial charge on any atom is 0.0799 e. The van der Waals surface area contributed by atoms with Crippen LogP contribution in [0.15, 0.2) is 0 Å². The zero-order valence-corrected chi connectivity index (χ0v) is 18.2. The van der Waals surface area contributed by atoms with E-state index in [2.05, 4.69) is 13.8 Å². The summed E-state index contributed by atoms with van der Waals surface area (Å²) >= 11 is 0. The van der Waals surface area contributed by atoms with Crippen molar-refractivity contribution in [1.29, 1.82) is 0 Å². The van der Waals surface area contributed by atoms with Crippen LogP contribution in [0.1, 0.15) is 142 Å². The standard InChI is InChI=1S/C24H50O2/c1-3-5-7-9-11-13-14-16-18-20-22-24(26)23(25)21-19-17-15-12-10-8-6-4-2/h23-26H,3-22H2,1-2H3. The Morgan fingerprint density at radius 2 is 0.615 bits per heavy atom. The number of hydrogen-bond acceptors (Lipinski definition) is 2. The molecule has 0 aromatic carbocycles. The Labute approximate surface area is 165 Å². The molecule has 158 valence electrons. The van der Waals surface area contributed by atoms with E-state index in [0.717, 1.165) is 25.7 Å². The Bertz CT molecular complexity index is 255. The molecule has 0 amide bonds. The van der Waals surface area contributed by atoms with Gasteiger partial charge in [-0.25, -0.2) is 0 Å². The minimum absolute atomic E-state index is 0.506. The Hall–Kier alpha value is -0.0800. The maximum atomic E-state index is 10.1. The number of aliphatic hydroxyl groups excluding tert-OH is 2. The fraction of sp³-hybridized carbons (Fsp3) is 1.00. The molecule has 0 aliphatic carbocycles. The van der Waals surface area contributed by atoms with Gasteiger partial charge in [0, 0.05) is 0 Å². The molecule has 0 rings (SSSR count). The van der Waals surface area contributed by atoms with Gasteiger partial charge in [-0.3, -0.25) is 0 Å². The molecule has 0 aliphatic heterocycles. The van der Waals surface area contributed by atoms with Crippen LogP contribution in [-0.2, 0) is 0 Å². The lowest BCUT2D eigenvalue weighted by atomic mass is 9.99. The minimum atomic E-state index is -0.506. The highest BCUT2D eigenvalue weighted by atomic mass is 16.3. The van der Waals surface area contributed by atoms with Gasteiger partial charge in [-0.15, -0.1) is 0 Å². The second-order valence-corrected chi connectivity index (χ2v) is 8.37. The van der Waals surface area contributed by atoms with Gasteiger partial charge in [-0.2, -0.15) is 0 Å². The van der Waals surface area contributed by atoms with Crippen molar-refractivity contribution < 1.29 is 10.2 Å². The van der Waals surface area contributed by atoms with E-state index in [1.807, 2.05) is 0 Å². The lowest BCUT2D eigenvalue weighted by Gasteiger charge is -2.17. The van der Waals surface area contributed by atoms with Crippen LogP contribution in [0, 0.1) is 0 Å². The zero-order chi connectivity index (χ0) is 19.3. The minimum Gasteiger partial charge on any atom is -0.390 e. The van der Waals surface area contributed by atoms with Crippen LogP contribution in [-0.4, -0.2) is 22.4 Å². The van der Waals surface area contributed by atoms with E-state index in [4.69, 9.17) is 0 Å². The summed E-state index contributed by atoms with van der Waals surface area (Å²) < 4.78 is 0. The molecule has 0 aromatic heterocycles. The molecule has 2 unspecified atom stereocenters. The molecule has 0 aromatic rings. The normalized spacial score (nSPS) is 13.8. The van der Waals surface area contributed by atoms with Crippen LogP contribution in [0.2, 0.25) is 0 Å². The molecule has 0 saturated heterocycles. The summed E-state index contributed by atoms with van der Waals surface area (Å²) in [5, 5.41) is 20.2. The van der Waals surface area contributed by atoms with Crippen molar-refractivity contribution in [3.8, 4) is 0 Å². The van der Waals surface area contributed by atoms with E-state index in [0.29, 0.717) is 0 Å². The first kappa shape index (κ1) is 25.9. The topological polar surface area (TPSA) is 40.5 Å². The van der Waals surface area contributed by atoms with Crippen LogP contribution in [0.25, 0.3) is 0 Å². The Morgan fingerprint density at radius 3 is 0.885 bits per heavy atom. The molecule has 2 nitrogen and oxygen atoms in total. The van der Waals surface area contributed by atoms with Crippen LogP contribution in [0.3, 0.4) is 0 Å². The highest BCUT2D eigenvalue weighted by Gasteiger charge is 2.15. The van der Waals surface area contributed by atoms with Crippen molar-refractivity contribution in [3.05, 3.63) is 0 Å². The van der Waals surface area contributed by atoms with E-state index in [-0.39, 0.29) is 0 Å². The van der Waals surface area contributed by atoms with Crippen LogP contribution < -0.4 is 0 Å². The van der Waals surface area contributed by atoms with E-state index < -0.39 is 12.2 Å². The van der Waals surface area contributed by atoms with Gasteiger partial charge in [0.15, 0.2) is 0 Å². The fourth-order valence-electron chi connectivity index (χ4n) is 3.71. The summed E-state index contributed by atoms with van der Waals surface area (Å²) in [6.45, 7) is 4.52. The lowest BCUT2D eigenvalue weighted by Crippen LogP contribution is -2.25. The van der Waals surface area contributed by atoms with Crippen molar-refractivity contribution in [1.82, 2.24) is 0 Å². The van der Waals surface area contributed by atoms with Crippen molar-refractivity contribution in [2.45, 2.75) is 154 Å². The summed E-state index contributed by atoms with van der Waals surface area (Å²) in [5.74, 6) is 0. The largest absolute Gasteiger partial charge is 0.390 e. The third-order valence-electron chi connectivity index (χ3n) is 5.65. The van der Waals surface area contributed by atoms with Crippen LogP contribution >= 0.6 is 0 Å². The summed E-state index contributed by atoms with van der Waals surface area (Å²) in [5.41, 5.74) is 0. The van der Waals surface area contributed by atoms with Crippen molar-refractivity contribution in [2.75, 3.05) is 0 Å². The van der Waals surface area contributed by atoms with Gasteiger partial charge in [-0.1, -0.05) is 129 Å². The molecule has 0 spiro atoms. The Kier molecular flexibility index (Phi) is 21.2. The van der Waals surface area contributed by atoms with E-state index in [1.54, 1.807) is 0 Å². The highest BCUT2D eigenvalue weighted by molar-refractivity contribution is 4.67. The van der Waals surface area contributed by atoms with Gasteiger partial charge in [0.1, 0.15) is 0 Å². The molecule has 26 heavy (non-hydrogen) atoms. The second-order valence-electron chi connectivity index (χ2n) is 8.37. The van der Waals surface area contributed by atoms with Gasteiger partial charge in [0.25, 0.3) is 0 Å². The molecule has 2 atom stereocenters. The predicted molar refractivity (Wildman–Crippen MR) is 116 cm³/mol. The van der Waals surface area contributed by atoms with Crippen molar-refractivity contribution >= 4 is 0 Å². The summed E-state index contributed by atoms with van der Waals surface area (Å²) in [4.78, 5) is 0. The zero-order valence-electron chi connectivity index (χ0n) is 18.2. The number of rotatable bonds is 21. The van der Waals surface area contributed by atoms with Gasteiger partial charge in [0.05, 0.1) is 12.2 Å². The van der Waals surface area contributed by atoms with E-state index >= 15 is 0 Å². The summed E-state index contributed by atoms with van der Waals surface area (Å²) in [6.07, 6.45) is 24.0. The highest BCUT2D eigenvalue weighted by Crippen LogP contribution is 2.16. The third-order valence-corrected chi connectivity index (χ3v) is 5.65. The molecule has 0 aliphatic rings. The average molecular weight is 371 g/mol. The fourth-order valence-corrected chi connectivity index (χ4v) is 3.71. The predicted octanol–water partition coefficient (Wildman–Crippen LogP) is 7.55. The first-order chi connectivity index (χ1) is 12.7.